The number of hydrogen-bond donors (Lipinski definition) is 1. The third-order valence-electron chi connectivity index (χ3n) is 8.05. The van der Waals surface area contributed by atoms with Crippen molar-refractivity contribution in [3.8, 4) is 17.3 Å². The van der Waals surface area contributed by atoms with E-state index < -0.39 is 12.7 Å². The van der Waals surface area contributed by atoms with Crippen LogP contribution in [0.4, 0.5) is 4.39 Å². The van der Waals surface area contributed by atoms with E-state index in [1.165, 1.54) is 12.8 Å². The molecule has 42 heavy (non-hydrogen) atoms. The van der Waals surface area contributed by atoms with Crippen LogP contribution in [0.3, 0.4) is 0 Å². The van der Waals surface area contributed by atoms with Gasteiger partial charge in [0, 0.05) is 38.5 Å². The third kappa shape index (κ3) is 4.88. The number of alkyl halides is 1. The number of benzene rings is 1. The van der Waals surface area contributed by atoms with Gasteiger partial charge in [-0.2, -0.15) is 0 Å². The molecule has 0 spiro atoms. The molecule has 1 aromatic carbocycles. The molecule has 2 aliphatic rings. The number of ether oxygens (including phenoxy) is 1. The lowest BCUT2D eigenvalue weighted by Gasteiger charge is -2.29. The van der Waals surface area contributed by atoms with Gasteiger partial charge in [0.2, 0.25) is 5.28 Å². The number of hydrogen-bond acceptors (Lipinski definition) is 7. The van der Waals surface area contributed by atoms with Gasteiger partial charge in [-0.15, -0.1) is 5.10 Å². The van der Waals surface area contributed by atoms with E-state index in [0.717, 1.165) is 46.1 Å². The Kier molecular flexibility index (Phi) is 6.82. The fourth-order valence-corrected chi connectivity index (χ4v) is 5.88. The molecule has 0 radical (unpaired) electrons. The lowest BCUT2D eigenvalue weighted by atomic mass is 10.0. The van der Waals surface area contributed by atoms with Crippen LogP contribution in [0.5, 0.6) is 5.75 Å². The van der Waals surface area contributed by atoms with Gasteiger partial charge >= 0.3 is 0 Å². The molecule has 13 heteroatoms. The minimum absolute atomic E-state index is 0.179. The Morgan fingerprint density at radius 3 is 2.86 bits per heavy atom. The number of halogens is 2. The Hall–Kier alpha value is -4.03. The van der Waals surface area contributed by atoms with E-state index in [0.29, 0.717) is 43.1 Å². The quantitative estimate of drug-likeness (QED) is 0.263. The zero-order valence-corrected chi connectivity index (χ0v) is 24.0. The molecule has 1 aliphatic heterocycles. The molecule has 1 amide bonds. The fraction of sp³-hybridized carbons (Fsp3) is 0.414. The van der Waals surface area contributed by atoms with Gasteiger partial charge in [-0.3, -0.25) is 4.79 Å². The van der Waals surface area contributed by atoms with Gasteiger partial charge in [0.25, 0.3) is 5.91 Å². The van der Waals surface area contributed by atoms with Gasteiger partial charge in [-0.1, -0.05) is 12.1 Å². The van der Waals surface area contributed by atoms with Crippen molar-refractivity contribution in [1.82, 2.24) is 38.8 Å². The molecule has 0 unspecified atom stereocenters. The third-order valence-corrected chi connectivity index (χ3v) is 8.22. The Morgan fingerprint density at radius 2 is 2.10 bits per heavy atom. The first-order chi connectivity index (χ1) is 20.4. The summed E-state index contributed by atoms with van der Waals surface area (Å²) in [5.74, 6) is 1.97. The molecule has 4 aromatic heterocycles. The monoisotopic (exact) mass is 591 g/mol. The van der Waals surface area contributed by atoms with E-state index in [1.54, 1.807) is 15.9 Å². The molecule has 218 valence electrons. The molecule has 0 bridgehead atoms. The van der Waals surface area contributed by atoms with Crippen LogP contribution in [0, 0.1) is 5.92 Å². The molecular weight excluding hydrogens is 561 g/mol. The van der Waals surface area contributed by atoms with Crippen LogP contribution in [-0.2, 0) is 26.6 Å². The number of carbonyl (C=O) groups excluding carboxylic acids is 1. The number of imidazole rings is 1. The molecule has 11 nitrogen and oxygen atoms in total. The van der Waals surface area contributed by atoms with Gasteiger partial charge in [0.1, 0.15) is 30.9 Å². The second-order valence-electron chi connectivity index (χ2n) is 11.1. The van der Waals surface area contributed by atoms with Crippen LogP contribution in [0.25, 0.3) is 33.6 Å². The number of para-hydroxylation sites is 1. The largest absolute Gasteiger partial charge is 0.489 e. The number of rotatable bonds is 10. The van der Waals surface area contributed by atoms with E-state index in [2.05, 4.69) is 26.8 Å². The highest BCUT2D eigenvalue weighted by atomic mass is 35.5. The van der Waals surface area contributed by atoms with E-state index in [9.17, 15) is 9.18 Å². The maximum absolute atomic E-state index is 13.2. The van der Waals surface area contributed by atoms with Crippen LogP contribution in [-0.4, -0.2) is 77.1 Å². The SMILES string of the molecule is Cn1c(-c2cc3cccc(OCCn4cnc(Cl)n4)c3n2CC2CC2)nc2cc3c(nc21)CCN(C[C@H](N)CF)C3=O. The van der Waals surface area contributed by atoms with Crippen molar-refractivity contribution in [3.63, 3.8) is 0 Å². The minimum atomic E-state index is -0.697. The van der Waals surface area contributed by atoms with Crippen molar-refractivity contribution in [3.05, 3.63) is 53.2 Å². The van der Waals surface area contributed by atoms with Crippen molar-refractivity contribution < 1.29 is 13.9 Å². The molecule has 0 saturated heterocycles. The summed E-state index contributed by atoms with van der Waals surface area (Å²) < 4.78 is 25.3. The maximum atomic E-state index is 13.2. The van der Waals surface area contributed by atoms with Crippen LogP contribution in [0.15, 0.2) is 36.7 Å². The summed E-state index contributed by atoms with van der Waals surface area (Å²) >= 11 is 5.85. The second kappa shape index (κ2) is 10.7. The Bertz CT molecular complexity index is 1810. The number of aromatic nitrogens is 7. The Morgan fingerprint density at radius 1 is 1.24 bits per heavy atom. The predicted octanol–water partition coefficient (Wildman–Crippen LogP) is 3.62. The summed E-state index contributed by atoms with van der Waals surface area (Å²) in [7, 11) is 1.96. The number of carbonyl (C=O) groups is 1. The number of aryl methyl sites for hydroxylation is 1. The van der Waals surface area contributed by atoms with Crippen molar-refractivity contribution in [2.75, 3.05) is 26.4 Å². The Labute approximate surface area is 246 Å². The number of pyridine rings is 1. The summed E-state index contributed by atoms with van der Waals surface area (Å²) in [6.45, 7) is 1.75. The number of amides is 1. The van der Waals surface area contributed by atoms with E-state index in [-0.39, 0.29) is 17.7 Å². The van der Waals surface area contributed by atoms with Crippen LogP contribution in [0.1, 0.15) is 28.9 Å². The first-order valence-corrected chi connectivity index (χ1v) is 14.5. The summed E-state index contributed by atoms with van der Waals surface area (Å²) in [4.78, 5) is 28.7. The molecule has 1 aliphatic carbocycles. The Balaban J connectivity index is 1.26. The summed E-state index contributed by atoms with van der Waals surface area (Å²) in [6, 6.07) is 9.33. The highest BCUT2D eigenvalue weighted by Crippen LogP contribution is 2.39. The van der Waals surface area contributed by atoms with Crippen molar-refractivity contribution in [2.24, 2.45) is 18.7 Å². The molecule has 7 rings (SSSR count). The van der Waals surface area contributed by atoms with Crippen LogP contribution in [0.2, 0.25) is 5.28 Å². The molecule has 5 aromatic rings. The normalized spacial score (nSPS) is 16.0. The summed E-state index contributed by atoms with van der Waals surface area (Å²) in [5.41, 5.74) is 10.4. The van der Waals surface area contributed by atoms with Crippen molar-refractivity contribution >= 4 is 39.6 Å². The second-order valence-corrected chi connectivity index (χ2v) is 11.5. The standard InChI is InChI=1S/C29H31ClFN9O2/c1-37-26-22(12-20-21(34-26)7-8-38(28(20)41)15-19(32)13-31)35-27(37)23-11-18-3-2-4-24(25(18)40(23)14-17-5-6-17)42-10-9-39-16-33-29(30)36-39/h2-4,11-12,16-17,19H,5-10,13-15,32H2,1H3/t19-/m1/s1. The van der Waals surface area contributed by atoms with Gasteiger partial charge in [-0.25, -0.2) is 24.0 Å². The first-order valence-electron chi connectivity index (χ1n) is 14.2. The average molecular weight is 592 g/mol. The number of nitrogens with zero attached hydrogens (tertiary/aromatic N) is 8. The van der Waals surface area contributed by atoms with Gasteiger partial charge in [-0.05, 0) is 48.6 Å². The topological polar surface area (TPSA) is 122 Å². The summed E-state index contributed by atoms with van der Waals surface area (Å²) in [5, 5.41) is 5.39. The van der Waals surface area contributed by atoms with Crippen molar-refractivity contribution in [1.29, 1.82) is 0 Å². The molecule has 1 atom stereocenters. The lowest BCUT2D eigenvalue weighted by Crippen LogP contribution is -2.45. The smallest absolute Gasteiger partial charge is 0.255 e. The molecule has 1 fully saturated rings. The van der Waals surface area contributed by atoms with Gasteiger partial charge in [0.05, 0.1) is 35.1 Å². The molecule has 1 saturated carbocycles. The molecule has 2 N–H and O–H groups in total. The molecule has 5 heterocycles. The predicted molar refractivity (Wildman–Crippen MR) is 156 cm³/mol. The zero-order chi connectivity index (χ0) is 29.0. The zero-order valence-electron chi connectivity index (χ0n) is 23.2. The van der Waals surface area contributed by atoms with Crippen molar-refractivity contribution in [2.45, 2.75) is 38.4 Å². The minimum Gasteiger partial charge on any atom is -0.489 e. The summed E-state index contributed by atoms with van der Waals surface area (Å²) in [6.07, 6.45) is 4.55. The first kappa shape index (κ1) is 26.8. The van der Waals surface area contributed by atoms with E-state index in [4.69, 9.17) is 32.0 Å². The van der Waals surface area contributed by atoms with Gasteiger partial charge < -0.3 is 24.5 Å². The van der Waals surface area contributed by atoms with Gasteiger partial charge in [0.15, 0.2) is 11.5 Å². The van der Waals surface area contributed by atoms with E-state index in [1.807, 2.05) is 29.8 Å². The average Bonchev–Trinajstić information content (AvgIpc) is 3.47. The maximum Gasteiger partial charge on any atom is 0.255 e. The fourth-order valence-electron chi connectivity index (χ4n) is 5.74. The highest BCUT2D eigenvalue weighted by Gasteiger charge is 2.30. The van der Waals surface area contributed by atoms with Crippen LogP contribution >= 0.6 is 11.6 Å². The number of nitrogens with two attached hydrogens (primary N) is 1. The van der Waals surface area contributed by atoms with E-state index >= 15 is 0 Å². The van der Waals surface area contributed by atoms with Crippen LogP contribution < -0.4 is 10.5 Å². The number of fused-ring (bicyclic) bond motifs is 3. The highest BCUT2D eigenvalue weighted by molar-refractivity contribution is 6.28. The molecular formula is C29H31ClFN9O2. The lowest BCUT2D eigenvalue weighted by molar-refractivity contribution is 0.0723.